The van der Waals surface area contributed by atoms with Crippen molar-refractivity contribution in [3.63, 3.8) is 0 Å². The van der Waals surface area contributed by atoms with Gasteiger partial charge in [0.2, 0.25) is 5.91 Å². The summed E-state index contributed by atoms with van der Waals surface area (Å²) in [6.45, 7) is 0.0823. The molecule has 2 aliphatic rings. The van der Waals surface area contributed by atoms with Gasteiger partial charge in [-0.15, -0.1) is 0 Å². The van der Waals surface area contributed by atoms with E-state index < -0.39 is 27.9 Å². The van der Waals surface area contributed by atoms with Crippen molar-refractivity contribution < 1.29 is 23.1 Å². The van der Waals surface area contributed by atoms with Crippen molar-refractivity contribution in [2.24, 2.45) is 4.99 Å². The van der Waals surface area contributed by atoms with E-state index in [1.54, 1.807) is 18.2 Å². The minimum atomic E-state index is -3.65. The number of amides is 1. The van der Waals surface area contributed by atoms with Crippen LogP contribution in [0.25, 0.3) is 0 Å². The molecule has 1 unspecified atom stereocenters. The van der Waals surface area contributed by atoms with Crippen LogP contribution in [0.5, 0.6) is 0 Å². The van der Waals surface area contributed by atoms with Crippen molar-refractivity contribution in [1.29, 1.82) is 0 Å². The predicted molar refractivity (Wildman–Crippen MR) is 80.5 cm³/mol. The van der Waals surface area contributed by atoms with Gasteiger partial charge in [0.15, 0.2) is 0 Å². The minimum absolute atomic E-state index is 0.111. The van der Waals surface area contributed by atoms with E-state index in [-0.39, 0.29) is 17.3 Å². The predicted octanol–water partition coefficient (Wildman–Crippen LogP) is -0.199. The fourth-order valence-corrected chi connectivity index (χ4v) is 4.06. The molecule has 23 heavy (non-hydrogen) atoms. The number of hydrogen-bond donors (Lipinski definition) is 2. The summed E-state index contributed by atoms with van der Waals surface area (Å²) in [5.41, 5.74) is 0.413. The van der Waals surface area contributed by atoms with E-state index in [0.29, 0.717) is 24.9 Å². The maximum absolute atomic E-state index is 12.2. The first-order valence-electron chi connectivity index (χ1n) is 7.09. The van der Waals surface area contributed by atoms with Crippen LogP contribution in [0, 0.1) is 0 Å². The number of carbonyl (C=O) groups is 2. The van der Waals surface area contributed by atoms with E-state index in [0.717, 1.165) is 0 Å². The Kier molecular flexibility index (Phi) is 3.80. The van der Waals surface area contributed by atoms with Gasteiger partial charge in [-0.05, 0) is 25.0 Å². The van der Waals surface area contributed by atoms with Gasteiger partial charge in [0, 0.05) is 12.1 Å². The first kappa shape index (κ1) is 15.5. The largest absolute Gasteiger partial charge is 0.480 e. The van der Waals surface area contributed by atoms with Crippen LogP contribution in [-0.2, 0) is 19.6 Å². The molecule has 122 valence electrons. The van der Waals surface area contributed by atoms with Crippen LogP contribution in [-0.4, -0.2) is 55.3 Å². The van der Waals surface area contributed by atoms with E-state index in [4.69, 9.17) is 5.11 Å². The summed E-state index contributed by atoms with van der Waals surface area (Å²) in [5.74, 6) is -1.35. The summed E-state index contributed by atoms with van der Waals surface area (Å²) < 4.78 is 26.2. The van der Waals surface area contributed by atoms with Crippen LogP contribution in [0.3, 0.4) is 0 Å². The number of rotatable bonds is 3. The zero-order valence-electron chi connectivity index (χ0n) is 12.1. The normalized spacial score (nSPS) is 23.6. The fourth-order valence-electron chi connectivity index (χ4n) is 2.81. The quantitative estimate of drug-likeness (QED) is 0.792. The van der Waals surface area contributed by atoms with Crippen molar-refractivity contribution in [2.45, 2.75) is 23.8 Å². The van der Waals surface area contributed by atoms with Gasteiger partial charge in [0.05, 0.1) is 4.90 Å². The van der Waals surface area contributed by atoms with Gasteiger partial charge in [-0.3, -0.25) is 14.5 Å². The monoisotopic (exact) mass is 337 g/mol. The first-order chi connectivity index (χ1) is 10.9. The van der Waals surface area contributed by atoms with E-state index in [2.05, 4.69) is 9.71 Å². The molecule has 2 heterocycles. The Balaban J connectivity index is 1.79. The molecule has 8 nitrogen and oxygen atoms in total. The highest BCUT2D eigenvalue weighted by molar-refractivity contribution is 7.90. The van der Waals surface area contributed by atoms with E-state index in [1.165, 1.54) is 11.0 Å². The molecule has 1 aromatic rings. The molecule has 1 atom stereocenters. The molecule has 1 amide bonds. The molecular weight excluding hydrogens is 322 g/mol. The number of carboxylic acids is 1. The lowest BCUT2D eigenvalue weighted by Gasteiger charge is -2.20. The zero-order valence-corrected chi connectivity index (χ0v) is 12.9. The average Bonchev–Trinajstić information content (AvgIpc) is 3.09. The molecule has 2 aliphatic heterocycles. The smallest absolute Gasteiger partial charge is 0.326 e. The SMILES string of the molecule is O=C(O)C1CCCN1C(=O)CN=C1NS(=O)(=O)c2ccccc21. The summed E-state index contributed by atoms with van der Waals surface area (Å²) in [6.07, 6.45) is 1.06. The summed E-state index contributed by atoms with van der Waals surface area (Å²) in [4.78, 5) is 28.7. The molecule has 0 radical (unpaired) electrons. The van der Waals surface area contributed by atoms with Crippen molar-refractivity contribution >= 4 is 27.7 Å². The van der Waals surface area contributed by atoms with Crippen molar-refractivity contribution in [3.8, 4) is 0 Å². The number of nitrogens with one attached hydrogen (secondary N) is 1. The van der Waals surface area contributed by atoms with Crippen LogP contribution in [0.2, 0.25) is 0 Å². The highest BCUT2D eigenvalue weighted by Crippen LogP contribution is 2.22. The number of carbonyl (C=O) groups excluding carboxylic acids is 1. The number of fused-ring (bicyclic) bond motifs is 1. The number of nitrogens with zero attached hydrogens (tertiary/aromatic N) is 2. The Morgan fingerprint density at radius 3 is 2.83 bits per heavy atom. The fraction of sp³-hybridized carbons (Fsp3) is 0.357. The number of hydrogen-bond acceptors (Lipinski definition) is 5. The van der Waals surface area contributed by atoms with Gasteiger partial charge in [-0.1, -0.05) is 12.1 Å². The van der Waals surface area contributed by atoms with E-state index >= 15 is 0 Å². The number of sulfonamides is 1. The molecule has 1 aromatic carbocycles. The standard InChI is InChI=1S/C14H15N3O5S/c18-12(17-7-3-5-10(17)14(19)20)8-15-13-9-4-1-2-6-11(9)23(21,22)16-13/h1-2,4,6,10H,3,5,7-8H2,(H,15,16)(H,19,20). The maximum Gasteiger partial charge on any atom is 0.326 e. The lowest BCUT2D eigenvalue weighted by atomic mass is 10.2. The number of benzene rings is 1. The third-order valence-electron chi connectivity index (χ3n) is 3.89. The van der Waals surface area contributed by atoms with Crippen LogP contribution in [0.4, 0.5) is 0 Å². The highest BCUT2D eigenvalue weighted by atomic mass is 32.2. The van der Waals surface area contributed by atoms with Crippen molar-refractivity contribution in [2.75, 3.05) is 13.1 Å². The molecule has 0 spiro atoms. The van der Waals surface area contributed by atoms with Crippen LogP contribution < -0.4 is 4.72 Å². The maximum atomic E-state index is 12.2. The van der Waals surface area contributed by atoms with Crippen LogP contribution in [0.15, 0.2) is 34.2 Å². The lowest BCUT2D eigenvalue weighted by Crippen LogP contribution is -2.41. The molecule has 0 aromatic heterocycles. The first-order valence-corrected chi connectivity index (χ1v) is 8.57. The topological polar surface area (TPSA) is 116 Å². The third kappa shape index (κ3) is 2.79. The summed E-state index contributed by atoms with van der Waals surface area (Å²) in [6, 6.07) is 5.53. The number of amidine groups is 1. The number of likely N-dealkylation sites (tertiary alicyclic amines) is 1. The average molecular weight is 337 g/mol. The molecule has 2 N–H and O–H groups in total. The second-order valence-corrected chi connectivity index (χ2v) is 7.00. The second-order valence-electron chi connectivity index (χ2n) is 5.35. The minimum Gasteiger partial charge on any atom is -0.480 e. The molecule has 0 bridgehead atoms. The number of aliphatic imine (C=N–C) groups is 1. The van der Waals surface area contributed by atoms with Crippen molar-refractivity contribution in [1.82, 2.24) is 9.62 Å². The van der Waals surface area contributed by atoms with E-state index in [1.807, 2.05) is 0 Å². The highest BCUT2D eigenvalue weighted by Gasteiger charge is 2.34. The Morgan fingerprint density at radius 2 is 2.09 bits per heavy atom. The second kappa shape index (κ2) is 5.65. The molecule has 1 saturated heterocycles. The molecule has 3 rings (SSSR count). The molecule has 1 fully saturated rings. The molecule has 0 saturated carbocycles. The Bertz CT molecular complexity index is 802. The Hall–Kier alpha value is -2.42. The summed E-state index contributed by atoms with van der Waals surface area (Å²) in [7, 11) is -3.65. The number of aliphatic carboxylic acids is 1. The van der Waals surface area contributed by atoms with Gasteiger partial charge < -0.3 is 10.0 Å². The van der Waals surface area contributed by atoms with Gasteiger partial charge in [0.25, 0.3) is 10.0 Å². The number of carboxylic acid groups (broad SMARTS) is 1. The van der Waals surface area contributed by atoms with Crippen LogP contribution in [0.1, 0.15) is 18.4 Å². The van der Waals surface area contributed by atoms with Gasteiger partial charge in [-0.25, -0.2) is 13.2 Å². The molecule has 0 aliphatic carbocycles. The van der Waals surface area contributed by atoms with Gasteiger partial charge in [0.1, 0.15) is 18.4 Å². The Morgan fingerprint density at radius 1 is 1.35 bits per heavy atom. The Labute approximate surface area is 132 Å². The molecule has 9 heteroatoms. The summed E-state index contributed by atoms with van der Waals surface area (Å²) in [5, 5.41) is 9.09. The van der Waals surface area contributed by atoms with E-state index in [9.17, 15) is 18.0 Å². The zero-order chi connectivity index (χ0) is 16.6. The van der Waals surface area contributed by atoms with Crippen molar-refractivity contribution in [3.05, 3.63) is 29.8 Å². The van der Waals surface area contributed by atoms with Gasteiger partial charge in [-0.2, -0.15) is 0 Å². The van der Waals surface area contributed by atoms with Crippen LogP contribution >= 0.6 is 0 Å². The third-order valence-corrected chi connectivity index (χ3v) is 5.29. The van der Waals surface area contributed by atoms with Gasteiger partial charge >= 0.3 is 5.97 Å². The summed E-state index contributed by atoms with van der Waals surface area (Å²) >= 11 is 0. The lowest BCUT2D eigenvalue weighted by molar-refractivity contribution is -0.147. The molecular formula is C14H15N3O5S.